The van der Waals surface area contributed by atoms with Gasteiger partial charge >= 0.3 is 0 Å². The summed E-state index contributed by atoms with van der Waals surface area (Å²) in [5.41, 5.74) is 0.417. The van der Waals surface area contributed by atoms with Crippen LogP contribution in [0.1, 0.15) is 0 Å². The predicted molar refractivity (Wildman–Crippen MR) is 71.7 cm³/mol. The molecule has 0 aliphatic carbocycles. The minimum atomic E-state index is -0.444. The lowest BCUT2D eigenvalue weighted by Gasteiger charge is -2.05. The van der Waals surface area contributed by atoms with Crippen LogP contribution in [0.5, 0.6) is 11.6 Å². The van der Waals surface area contributed by atoms with Crippen LogP contribution in [0.4, 0.5) is 0 Å². The minimum Gasteiger partial charge on any atom is -0.436 e. The number of fused-ring (bicyclic) bond motifs is 1. The Morgan fingerprint density at radius 1 is 1.21 bits per heavy atom. The first-order valence-electron chi connectivity index (χ1n) is 5.50. The van der Waals surface area contributed by atoms with Crippen molar-refractivity contribution in [2.24, 2.45) is 0 Å². The molecule has 0 radical (unpaired) electrons. The van der Waals surface area contributed by atoms with Crippen molar-refractivity contribution in [3.8, 4) is 11.6 Å². The van der Waals surface area contributed by atoms with Crippen LogP contribution in [0.15, 0.2) is 47.7 Å². The molecule has 19 heavy (non-hydrogen) atoms. The topological polar surface area (TPSA) is 67.9 Å². The molecule has 0 amide bonds. The first-order valence-corrected chi connectivity index (χ1v) is 5.87. The summed E-state index contributed by atoms with van der Waals surface area (Å²) < 4.78 is 5.47. The molecule has 2 aromatic heterocycles. The number of pyridine rings is 1. The van der Waals surface area contributed by atoms with Crippen LogP contribution in [-0.4, -0.2) is 15.0 Å². The number of halogens is 1. The van der Waals surface area contributed by atoms with E-state index in [0.29, 0.717) is 5.75 Å². The zero-order chi connectivity index (χ0) is 13.2. The summed E-state index contributed by atoms with van der Waals surface area (Å²) in [7, 11) is 0. The molecule has 1 aromatic carbocycles. The lowest BCUT2D eigenvalue weighted by Crippen LogP contribution is -2.07. The van der Waals surface area contributed by atoms with Crippen molar-refractivity contribution in [3.05, 3.63) is 58.2 Å². The Hall–Kier alpha value is -2.40. The van der Waals surface area contributed by atoms with Crippen LogP contribution in [0, 0.1) is 0 Å². The van der Waals surface area contributed by atoms with Crippen molar-refractivity contribution in [1.29, 1.82) is 0 Å². The van der Waals surface area contributed by atoms with Crippen LogP contribution >= 0.6 is 11.6 Å². The standard InChI is InChI=1S/C13H8ClN3O2/c14-11-12(18)16-7-17-13(11)19-9-5-8-3-1-2-4-10(8)15-6-9/h1-7H,(H,16,17,18). The quantitative estimate of drug-likeness (QED) is 0.779. The fourth-order valence-corrected chi connectivity index (χ4v) is 1.80. The number of H-pyrrole nitrogens is 1. The SMILES string of the molecule is O=c1[nH]cnc(Oc2cnc3ccccc3c2)c1Cl. The molecule has 0 bridgehead atoms. The first kappa shape index (κ1) is 11.7. The molecular weight excluding hydrogens is 266 g/mol. The number of aromatic nitrogens is 3. The molecule has 0 atom stereocenters. The van der Waals surface area contributed by atoms with E-state index < -0.39 is 5.56 Å². The fraction of sp³-hybridized carbons (Fsp3) is 0. The van der Waals surface area contributed by atoms with Crippen molar-refractivity contribution in [3.63, 3.8) is 0 Å². The van der Waals surface area contributed by atoms with Gasteiger partial charge in [0.05, 0.1) is 18.0 Å². The molecule has 6 heteroatoms. The van der Waals surface area contributed by atoms with Crippen molar-refractivity contribution in [2.45, 2.75) is 0 Å². The summed E-state index contributed by atoms with van der Waals surface area (Å²) >= 11 is 5.81. The maximum absolute atomic E-state index is 11.3. The minimum absolute atomic E-state index is 0.0579. The van der Waals surface area contributed by atoms with E-state index >= 15 is 0 Å². The molecule has 0 fully saturated rings. The van der Waals surface area contributed by atoms with E-state index in [0.717, 1.165) is 10.9 Å². The second-order valence-electron chi connectivity index (χ2n) is 3.82. The first-order chi connectivity index (χ1) is 9.24. The van der Waals surface area contributed by atoms with Gasteiger partial charge in [0.15, 0.2) is 5.02 Å². The van der Waals surface area contributed by atoms with Gasteiger partial charge in [-0.15, -0.1) is 0 Å². The average Bonchev–Trinajstić information content (AvgIpc) is 2.44. The Labute approximate surface area is 112 Å². The van der Waals surface area contributed by atoms with Crippen LogP contribution in [0.25, 0.3) is 10.9 Å². The van der Waals surface area contributed by atoms with Gasteiger partial charge in [-0.05, 0) is 12.1 Å². The average molecular weight is 274 g/mol. The summed E-state index contributed by atoms with van der Waals surface area (Å²) in [6.45, 7) is 0. The highest BCUT2D eigenvalue weighted by atomic mass is 35.5. The van der Waals surface area contributed by atoms with Crippen LogP contribution in [-0.2, 0) is 0 Å². The molecule has 0 aliphatic heterocycles. The van der Waals surface area contributed by atoms with Gasteiger partial charge in [0.2, 0.25) is 5.88 Å². The third-order valence-electron chi connectivity index (χ3n) is 2.54. The molecule has 3 rings (SSSR count). The normalized spacial score (nSPS) is 10.6. The highest BCUT2D eigenvalue weighted by molar-refractivity contribution is 6.31. The molecular formula is C13H8ClN3O2. The Morgan fingerprint density at radius 3 is 2.95 bits per heavy atom. The maximum Gasteiger partial charge on any atom is 0.273 e. The second-order valence-corrected chi connectivity index (χ2v) is 4.19. The molecule has 0 aliphatic rings. The van der Waals surface area contributed by atoms with E-state index in [1.165, 1.54) is 6.33 Å². The fourth-order valence-electron chi connectivity index (χ4n) is 1.66. The van der Waals surface area contributed by atoms with Crippen LogP contribution < -0.4 is 10.3 Å². The molecule has 0 spiro atoms. The largest absolute Gasteiger partial charge is 0.436 e. The molecule has 94 valence electrons. The predicted octanol–water partition coefficient (Wildman–Crippen LogP) is 2.76. The molecule has 3 aromatic rings. The van der Waals surface area contributed by atoms with E-state index in [1.807, 2.05) is 30.3 Å². The van der Waals surface area contributed by atoms with E-state index in [1.54, 1.807) is 6.20 Å². The lowest BCUT2D eigenvalue weighted by atomic mass is 10.2. The van der Waals surface area contributed by atoms with Gasteiger partial charge in [-0.2, -0.15) is 0 Å². The third kappa shape index (κ3) is 2.28. The second kappa shape index (κ2) is 4.70. The molecule has 2 heterocycles. The van der Waals surface area contributed by atoms with Crippen molar-refractivity contribution < 1.29 is 4.74 Å². The number of hydrogen-bond donors (Lipinski definition) is 1. The third-order valence-corrected chi connectivity index (χ3v) is 2.88. The Bertz CT molecular complexity index is 801. The summed E-state index contributed by atoms with van der Waals surface area (Å²) in [5, 5.41) is 0.844. The van der Waals surface area contributed by atoms with Crippen LogP contribution in [0.3, 0.4) is 0 Å². The van der Waals surface area contributed by atoms with E-state index in [-0.39, 0.29) is 10.9 Å². The molecule has 5 nitrogen and oxygen atoms in total. The van der Waals surface area contributed by atoms with Crippen molar-refractivity contribution in [1.82, 2.24) is 15.0 Å². The number of hydrogen-bond acceptors (Lipinski definition) is 4. The van der Waals surface area contributed by atoms with Crippen molar-refractivity contribution in [2.75, 3.05) is 0 Å². The highest BCUT2D eigenvalue weighted by Crippen LogP contribution is 2.25. The lowest BCUT2D eigenvalue weighted by molar-refractivity contribution is 0.459. The Kier molecular flexibility index (Phi) is 2.89. The molecule has 1 N–H and O–H groups in total. The molecule has 0 unspecified atom stereocenters. The van der Waals surface area contributed by atoms with Gasteiger partial charge < -0.3 is 9.72 Å². The van der Waals surface area contributed by atoms with Gasteiger partial charge in [-0.3, -0.25) is 9.78 Å². The van der Waals surface area contributed by atoms with Crippen LogP contribution in [0.2, 0.25) is 5.02 Å². The smallest absolute Gasteiger partial charge is 0.273 e. The van der Waals surface area contributed by atoms with Gasteiger partial charge in [-0.1, -0.05) is 29.8 Å². The number of nitrogens with one attached hydrogen (secondary N) is 1. The molecule has 0 saturated carbocycles. The Balaban J connectivity index is 2.01. The van der Waals surface area contributed by atoms with E-state index in [2.05, 4.69) is 15.0 Å². The molecule has 0 saturated heterocycles. The van der Waals surface area contributed by atoms with Gasteiger partial charge in [0.25, 0.3) is 5.56 Å². The monoisotopic (exact) mass is 273 g/mol. The number of nitrogens with zero attached hydrogens (tertiary/aromatic N) is 2. The summed E-state index contributed by atoms with van der Waals surface area (Å²) in [5.74, 6) is 0.529. The maximum atomic E-state index is 11.3. The summed E-state index contributed by atoms with van der Waals surface area (Å²) in [6.07, 6.45) is 2.79. The Morgan fingerprint density at radius 2 is 2.05 bits per heavy atom. The number of ether oxygens (including phenoxy) is 1. The number of para-hydroxylation sites is 1. The number of aromatic amines is 1. The zero-order valence-corrected chi connectivity index (χ0v) is 10.4. The number of rotatable bonds is 2. The zero-order valence-electron chi connectivity index (χ0n) is 9.63. The van der Waals surface area contributed by atoms with E-state index in [4.69, 9.17) is 16.3 Å². The summed E-state index contributed by atoms with van der Waals surface area (Å²) in [6, 6.07) is 9.44. The van der Waals surface area contributed by atoms with Crippen molar-refractivity contribution >= 4 is 22.5 Å². The van der Waals surface area contributed by atoms with Gasteiger partial charge in [0, 0.05) is 5.39 Å². The highest BCUT2D eigenvalue weighted by Gasteiger charge is 2.08. The summed E-state index contributed by atoms with van der Waals surface area (Å²) in [4.78, 5) is 21.8. The van der Waals surface area contributed by atoms with E-state index in [9.17, 15) is 4.79 Å². The number of benzene rings is 1. The van der Waals surface area contributed by atoms with Gasteiger partial charge in [0.1, 0.15) is 5.75 Å². The van der Waals surface area contributed by atoms with Gasteiger partial charge in [-0.25, -0.2) is 4.98 Å².